The number of likely N-dealkylation sites (tertiary alicyclic amines) is 2. The van der Waals surface area contributed by atoms with Crippen LogP contribution in [0.1, 0.15) is 61.3 Å². The van der Waals surface area contributed by atoms with Crippen molar-refractivity contribution in [3.05, 3.63) is 112 Å². The summed E-state index contributed by atoms with van der Waals surface area (Å²) in [4.78, 5) is 32.2. The van der Waals surface area contributed by atoms with Gasteiger partial charge in [-0.2, -0.15) is 0 Å². The number of piperidine rings is 1. The van der Waals surface area contributed by atoms with E-state index < -0.39 is 23.9 Å². The lowest BCUT2D eigenvalue weighted by Crippen LogP contribution is -2.47. The number of hydrogen-bond donors (Lipinski definition) is 3. The fraction of sp³-hybridized carbons (Fsp3) is 0.429. The number of imide groups is 1. The zero-order chi connectivity index (χ0) is 35.4. The van der Waals surface area contributed by atoms with Gasteiger partial charge in [0.25, 0.3) is 0 Å². The number of aliphatic hydroxyl groups excluding tert-OH is 2. The second-order valence-corrected chi connectivity index (χ2v) is 14.4. The molecule has 2 heterocycles. The van der Waals surface area contributed by atoms with Gasteiger partial charge in [-0.3, -0.25) is 19.4 Å². The van der Waals surface area contributed by atoms with Gasteiger partial charge in [0.2, 0.25) is 11.8 Å². The molecule has 2 fully saturated rings. The number of rotatable bonds is 12. The molecule has 50 heavy (non-hydrogen) atoms. The summed E-state index contributed by atoms with van der Waals surface area (Å²) in [6.45, 7) is 8.02. The maximum atomic E-state index is 14.2. The van der Waals surface area contributed by atoms with Gasteiger partial charge in [-0.25, -0.2) is 0 Å². The third-order valence-electron chi connectivity index (χ3n) is 10.8. The van der Waals surface area contributed by atoms with Gasteiger partial charge in [0, 0.05) is 31.6 Å². The molecule has 2 aliphatic heterocycles. The van der Waals surface area contributed by atoms with Crippen LogP contribution in [0.3, 0.4) is 0 Å². The van der Waals surface area contributed by atoms with Crippen molar-refractivity contribution in [2.45, 2.75) is 71.6 Å². The average molecular weight is 679 g/mol. The van der Waals surface area contributed by atoms with Gasteiger partial charge >= 0.3 is 0 Å². The molecule has 8 nitrogen and oxygen atoms in total. The number of carbonyl (C=O) groups excluding carboxylic acids is 2. The number of aromatic hydroxyl groups is 1. The second kappa shape index (κ2) is 15.8. The van der Waals surface area contributed by atoms with Crippen molar-refractivity contribution in [1.29, 1.82) is 0 Å². The predicted octanol–water partition coefficient (Wildman–Crippen LogP) is 6.21. The fourth-order valence-corrected chi connectivity index (χ4v) is 8.29. The highest BCUT2D eigenvalue weighted by Crippen LogP contribution is 2.47. The lowest BCUT2D eigenvalue weighted by atomic mass is 9.68. The average Bonchev–Trinajstić information content (AvgIpc) is 3.37. The Morgan fingerprint density at radius 2 is 1.60 bits per heavy atom. The number of hydrogen-bond acceptors (Lipinski definition) is 7. The van der Waals surface area contributed by atoms with Gasteiger partial charge in [-0.15, -0.1) is 0 Å². The van der Waals surface area contributed by atoms with Crippen LogP contribution < -0.4 is 4.74 Å². The van der Waals surface area contributed by atoms with Gasteiger partial charge in [0.15, 0.2) is 0 Å². The maximum Gasteiger partial charge on any atom is 0.234 e. The number of amides is 2. The summed E-state index contributed by atoms with van der Waals surface area (Å²) < 4.78 is 6.17. The number of aliphatic hydroxyl groups is 2. The minimum absolute atomic E-state index is 0.163. The number of carbonyl (C=O) groups is 2. The molecular weight excluding hydrogens is 628 g/mol. The van der Waals surface area contributed by atoms with E-state index in [1.165, 1.54) is 10.5 Å². The van der Waals surface area contributed by atoms with Crippen LogP contribution in [0.25, 0.3) is 6.08 Å². The van der Waals surface area contributed by atoms with Crippen molar-refractivity contribution in [2.75, 3.05) is 26.3 Å². The second-order valence-electron chi connectivity index (χ2n) is 14.4. The Balaban J connectivity index is 1.20. The Morgan fingerprint density at radius 1 is 0.960 bits per heavy atom. The number of fused-ring (bicyclic) bond motifs is 1. The first-order chi connectivity index (χ1) is 24.1. The highest BCUT2D eigenvalue weighted by Gasteiger charge is 2.56. The lowest BCUT2D eigenvalue weighted by Gasteiger charge is -2.37. The van der Waals surface area contributed by atoms with E-state index in [0.717, 1.165) is 47.5 Å². The van der Waals surface area contributed by atoms with E-state index >= 15 is 0 Å². The quantitative estimate of drug-likeness (QED) is 0.154. The molecule has 6 rings (SSSR count). The molecular formula is C42H50N2O6. The summed E-state index contributed by atoms with van der Waals surface area (Å²) in [5.74, 6) is -1.39. The van der Waals surface area contributed by atoms with Crippen LogP contribution >= 0.6 is 0 Å². The topological polar surface area (TPSA) is 111 Å². The number of allylic oxidation sites excluding steroid dienone is 1. The largest absolute Gasteiger partial charge is 0.507 e. The van der Waals surface area contributed by atoms with Gasteiger partial charge < -0.3 is 20.1 Å². The van der Waals surface area contributed by atoms with E-state index in [-0.39, 0.29) is 31.1 Å². The summed E-state index contributed by atoms with van der Waals surface area (Å²) >= 11 is 0. The summed E-state index contributed by atoms with van der Waals surface area (Å²) in [5, 5.41) is 32.9. The van der Waals surface area contributed by atoms with Crippen molar-refractivity contribution in [1.82, 2.24) is 9.80 Å². The number of ether oxygens (including phenoxy) is 1. The van der Waals surface area contributed by atoms with E-state index in [4.69, 9.17) is 4.74 Å². The number of phenols is 1. The molecule has 0 radical (unpaired) electrons. The minimum atomic E-state index is -0.924. The molecule has 3 aromatic carbocycles. The summed E-state index contributed by atoms with van der Waals surface area (Å²) in [6, 6.07) is 23.4. The Morgan fingerprint density at radius 3 is 2.24 bits per heavy atom. The molecule has 0 aromatic heterocycles. The van der Waals surface area contributed by atoms with Crippen molar-refractivity contribution in [3.8, 4) is 11.5 Å². The third kappa shape index (κ3) is 7.73. The molecule has 2 saturated heterocycles. The Kier molecular flexibility index (Phi) is 11.2. The number of para-hydroxylation sites is 1. The van der Waals surface area contributed by atoms with Crippen LogP contribution in [0.5, 0.6) is 11.5 Å². The Bertz CT molecular complexity index is 1700. The number of phenolic OH excluding ortho intramolecular Hbond substituents is 1. The molecule has 264 valence electrons. The molecule has 8 heteroatoms. The highest BCUT2D eigenvalue weighted by atomic mass is 16.5. The van der Waals surface area contributed by atoms with Crippen LogP contribution in [0, 0.1) is 31.6 Å². The first-order valence-corrected chi connectivity index (χ1v) is 17.9. The van der Waals surface area contributed by atoms with E-state index in [9.17, 15) is 24.9 Å². The van der Waals surface area contributed by atoms with Gasteiger partial charge in [0.1, 0.15) is 18.1 Å². The summed E-state index contributed by atoms with van der Waals surface area (Å²) in [5.41, 5.74) is 6.32. The molecule has 0 bridgehead atoms. The molecule has 3 N–H and O–H groups in total. The lowest BCUT2D eigenvalue weighted by molar-refractivity contribution is -0.144. The molecule has 3 aromatic rings. The molecule has 3 aliphatic rings. The third-order valence-corrected chi connectivity index (χ3v) is 10.8. The SMILES string of the molecule is C/C(=C\c1cc(C)c(O)c(C)c1)CC[C@@H](O)C1=C(COc2ccccc2)C[C@H]2C(=O)N(C3CCN(Cc4ccccc4)CC3)C(=O)[C@H]2[C@H]1CO. The van der Waals surface area contributed by atoms with Crippen molar-refractivity contribution in [3.63, 3.8) is 0 Å². The zero-order valence-electron chi connectivity index (χ0n) is 29.4. The Labute approximate surface area is 295 Å². The maximum absolute atomic E-state index is 14.2. The van der Waals surface area contributed by atoms with Gasteiger partial charge in [-0.1, -0.05) is 60.2 Å². The normalized spacial score (nSPS) is 22.6. The minimum Gasteiger partial charge on any atom is -0.507 e. The number of nitrogens with zero attached hydrogens (tertiary/aromatic N) is 2. The molecule has 2 amide bonds. The highest BCUT2D eigenvalue weighted by molar-refractivity contribution is 6.06. The van der Waals surface area contributed by atoms with E-state index in [1.807, 2.05) is 81.4 Å². The van der Waals surface area contributed by atoms with E-state index in [2.05, 4.69) is 23.1 Å². The van der Waals surface area contributed by atoms with E-state index in [1.54, 1.807) is 0 Å². The molecule has 0 saturated carbocycles. The zero-order valence-corrected chi connectivity index (χ0v) is 29.4. The molecule has 0 unspecified atom stereocenters. The Hall–Kier alpha value is -4.24. The summed E-state index contributed by atoms with van der Waals surface area (Å²) in [7, 11) is 0. The van der Waals surface area contributed by atoms with Crippen LogP contribution in [0.4, 0.5) is 0 Å². The first-order valence-electron chi connectivity index (χ1n) is 17.9. The summed E-state index contributed by atoms with van der Waals surface area (Å²) in [6.07, 6.45) is 3.86. The van der Waals surface area contributed by atoms with E-state index in [0.29, 0.717) is 49.2 Å². The van der Waals surface area contributed by atoms with Crippen molar-refractivity contribution < 1.29 is 29.6 Å². The van der Waals surface area contributed by atoms with Crippen LogP contribution in [-0.2, 0) is 16.1 Å². The number of benzene rings is 3. The van der Waals surface area contributed by atoms with Crippen LogP contribution in [0.2, 0.25) is 0 Å². The predicted molar refractivity (Wildman–Crippen MR) is 194 cm³/mol. The van der Waals surface area contributed by atoms with Gasteiger partial charge in [0.05, 0.1) is 24.5 Å². The molecule has 4 atom stereocenters. The number of aryl methyl sites for hydroxylation is 2. The standard InChI is InChI=1S/C42H50N2O6/c1-27(20-31-21-28(2)40(47)29(3)22-31)14-15-37(46)38-32(26-50-34-12-8-5-9-13-34)23-35-39(36(38)25-45)42(49)44(41(35)48)33-16-18-43(19-17-33)24-30-10-6-4-7-11-30/h4-13,20-22,33,35-37,39,45-47H,14-19,23-26H2,1-3H3/b27-20+/t35-,36+,37-,39-/m1/s1. The molecule has 0 spiro atoms. The van der Waals surface area contributed by atoms with Crippen LogP contribution in [-0.4, -0.2) is 75.4 Å². The van der Waals surface area contributed by atoms with Gasteiger partial charge in [-0.05, 0) is 111 Å². The van der Waals surface area contributed by atoms with Crippen molar-refractivity contribution >= 4 is 17.9 Å². The van der Waals surface area contributed by atoms with Crippen molar-refractivity contribution in [2.24, 2.45) is 17.8 Å². The monoisotopic (exact) mass is 678 g/mol. The fourth-order valence-electron chi connectivity index (χ4n) is 8.29. The molecule has 1 aliphatic carbocycles. The first kappa shape index (κ1) is 35.6. The smallest absolute Gasteiger partial charge is 0.234 e. The van der Waals surface area contributed by atoms with Crippen LogP contribution in [0.15, 0.2) is 89.5 Å².